The fourth-order valence-electron chi connectivity index (χ4n) is 2.10. The molecule has 0 bridgehead atoms. The Hall–Kier alpha value is -1.12. The molecular formula is C15H19NS. The monoisotopic (exact) mass is 245 g/mol. The summed E-state index contributed by atoms with van der Waals surface area (Å²) in [4.78, 5) is 2.66. The minimum absolute atomic E-state index is 0.00542. The summed E-state index contributed by atoms with van der Waals surface area (Å²) in [5.74, 6) is 0. The molecule has 1 atom stereocenters. The second-order valence-corrected chi connectivity index (χ2v) is 5.90. The third kappa shape index (κ3) is 2.59. The number of hydrogen-bond acceptors (Lipinski definition) is 2. The van der Waals surface area contributed by atoms with Gasteiger partial charge in [-0.3, -0.25) is 0 Å². The highest BCUT2D eigenvalue weighted by Crippen LogP contribution is 2.29. The van der Waals surface area contributed by atoms with Gasteiger partial charge >= 0.3 is 0 Å². The molecule has 2 aromatic rings. The zero-order valence-electron chi connectivity index (χ0n) is 10.7. The van der Waals surface area contributed by atoms with Gasteiger partial charge in [-0.25, -0.2) is 0 Å². The van der Waals surface area contributed by atoms with E-state index < -0.39 is 0 Å². The van der Waals surface area contributed by atoms with Crippen molar-refractivity contribution in [3.05, 3.63) is 56.8 Å². The molecular weight excluding hydrogens is 226 g/mol. The van der Waals surface area contributed by atoms with Gasteiger partial charge in [-0.2, -0.15) is 0 Å². The maximum absolute atomic E-state index is 6.33. The molecule has 0 radical (unpaired) electrons. The molecule has 0 fully saturated rings. The summed E-state index contributed by atoms with van der Waals surface area (Å²) in [6, 6.07) is 10.9. The van der Waals surface area contributed by atoms with Crippen molar-refractivity contribution < 1.29 is 0 Å². The van der Waals surface area contributed by atoms with Gasteiger partial charge in [-0.1, -0.05) is 31.2 Å². The van der Waals surface area contributed by atoms with E-state index in [2.05, 4.69) is 51.1 Å². The van der Waals surface area contributed by atoms with Crippen LogP contribution in [0.25, 0.3) is 0 Å². The van der Waals surface area contributed by atoms with Crippen LogP contribution < -0.4 is 5.73 Å². The Balaban J connectivity index is 2.30. The van der Waals surface area contributed by atoms with Crippen LogP contribution in [-0.4, -0.2) is 0 Å². The van der Waals surface area contributed by atoms with Gasteiger partial charge in [-0.15, -0.1) is 11.3 Å². The molecule has 1 aromatic carbocycles. The lowest BCUT2D eigenvalue weighted by atomic mass is 9.98. The molecule has 0 aliphatic carbocycles. The number of nitrogens with two attached hydrogens (primary N) is 1. The molecule has 2 N–H and O–H groups in total. The maximum atomic E-state index is 6.33. The molecule has 0 aliphatic rings. The summed E-state index contributed by atoms with van der Waals surface area (Å²) in [5, 5.41) is 0. The normalized spacial score (nSPS) is 12.7. The van der Waals surface area contributed by atoms with Gasteiger partial charge in [-0.05, 0) is 43.0 Å². The summed E-state index contributed by atoms with van der Waals surface area (Å²) in [6.07, 6.45) is 1.08. The lowest BCUT2D eigenvalue weighted by molar-refractivity contribution is 0.867. The predicted octanol–water partition coefficient (Wildman–Crippen LogP) is 3.98. The van der Waals surface area contributed by atoms with Crippen molar-refractivity contribution in [2.24, 2.45) is 5.73 Å². The third-order valence-corrected chi connectivity index (χ3v) is 4.14. The number of benzene rings is 1. The zero-order valence-corrected chi connectivity index (χ0v) is 11.5. The summed E-state index contributed by atoms with van der Waals surface area (Å²) in [6.45, 7) is 6.45. The van der Waals surface area contributed by atoms with E-state index in [0.717, 1.165) is 6.42 Å². The van der Waals surface area contributed by atoms with Gasteiger partial charge < -0.3 is 5.73 Å². The van der Waals surface area contributed by atoms with Crippen molar-refractivity contribution in [1.29, 1.82) is 0 Å². The molecule has 2 heteroatoms. The Labute approximate surface area is 107 Å². The zero-order chi connectivity index (χ0) is 12.4. The molecule has 90 valence electrons. The first kappa shape index (κ1) is 12.3. The van der Waals surface area contributed by atoms with Crippen molar-refractivity contribution >= 4 is 11.3 Å². The summed E-state index contributed by atoms with van der Waals surface area (Å²) >= 11 is 1.82. The minimum atomic E-state index is 0.00542. The summed E-state index contributed by atoms with van der Waals surface area (Å²) in [5.41, 5.74) is 10.1. The predicted molar refractivity (Wildman–Crippen MR) is 75.6 cm³/mol. The minimum Gasteiger partial charge on any atom is -0.320 e. The van der Waals surface area contributed by atoms with Crippen LogP contribution in [0.2, 0.25) is 0 Å². The first-order valence-corrected chi connectivity index (χ1v) is 6.84. The fraction of sp³-hybridized carbons (Fsp3) is 0.333. The first-order chi connectivity index (χ1) is 8.11. The number of hydrogen-bond donors (Lipinski definition) is 1. The largest absolute Gasteiger partial charge is 0.320 e. The highest BCUT2D eigenvalue weighted by molar-refractivity contribution is 7.12. The van der Waals surface area contributed by atoms with Gasteiger partial charge in [0.15, 0.2) is 0 Å². The molecule has 1 heterocycles. The van der Waals surface area contributed by atoms with Gasteiger partial charge in [0.1, 0.15) is 0 Å². The van der Waals surface area contributed by atoms with Crippen LogP contribution in [0.15, 0.2) is 30.3 Å². The maximum Gasteiger partial charge on any atom is 0.0562 e. The van der Waals surface area contributed by atoms with E-state index in [1.54, 1.807) is 0 Å². The second-order valence-electron chi connectivity index (χ2n) is 4.44. The molecule has 17 heavy (non-hydrogen) atoms. The second kappa shape index (κ2) is 5.03. The Morgan fingerprint density at radius 2 is 1.82 bits per heavy atom. The van der Waals surface area contributed by atoms with E-state index in [-0.39, 0.29) is 6.04 Å². The SMILES string of the molecule is CCc1ccc(C(N)c2cc(C)sc2C)cc1. The Morgan fingerprint density at radius 3 is 2.29 bits per heavy atom. The molecule has 1 aromatic heterocycles. The van der Waals surface area contributed by atoms with Crippen molar-refractivity contribution in [2.45, 2.75) is 33.2 Å². The molecule has 0 spiro atoms. The topological polar surface area (TPSA) is 26.0 Å². The van der Waals surface area contributed by atoms with Gasteiger partial charge in [0.05, 0.1) is 6.04 Å². The van der Waals surface area contributed by atoms with E-state index in [0.29, 0.717) is 0 Å². The first-order valence-electron chi connectivity index (χ1n) is 6.03. The Morgan fingerprint density at radius 1 is 1.18 bits per heavy atom. The highest BCUT2D eigenvalue weighted by Gasteiger charge is 2.13. The molecule has 0 saturated carbocycles. The van der Waals surface area contributed by atoms with E-state index in [9.17, 15) is 0 Å². The van der Waals surface area contributed by atoms with Gasteiger partial charge in [0.2, 0.25) is 0 Å². The van der Waals surface area contributed by atoms with Crippen molar-refractivity contribution in [1.82, 2.24) is 0 Å². The highest BCUT2D eigenvalue weighted by atomic mass is 32.1. The lowest BCUT2D eigenvalue weighted by Gasteiger charge is -2.12. The van der Waals surface area contributed by atoms with E-state index in [1.165, 1.54) is 26.4 Å². The molecule has 0 amide bonds. The molecule has 1 unspecified atom stereocenters. The average Bonchev–Trinajstić information content (AvgIpc) is 2.68. The number of rotatable bonds is 3. The van der Waals surface area contributed by atoms with Crippen LogP contribution in [-0.2, 0) is 6.42 Å². The van der Waals surface area contributed by atoms with Crippen LogP contribution in [0.5, 0.6) is 0 Å². The smallest absolute Gasteiger partial charge is 0.0562 e. The third-order valence-electron chi connectivity index (χ3n) is 3.16. The Bertz CT molecular complexity index is 496. The fourth-order valence-corrected chi connectivity index (χ4v) is 3.07. The van der Waals surface area contributed by atoms with Crippen LogP contribution in [0.3, 0.4) is 0 Å². The van der Waals surface area contributed by atoms with E-state index >= 15 is 0 Å². The van der Waals surface area contributed by atoms with Crippen LogP contribution in [0.1, 0.15) is 39.4 Å². The van der Waals surface area contributed by atoms with Crippen LogP contribution in [0, 0.1) is 13.8 Å². The van der Waals surface area contributed by atoms with Crippen molar-refractivity contribution in [2.75, 3.05) is 0 Å². The number of thiophene rings is 1. The quantitative estimate of drug-likeness (QED) is 0.869. The standard InChI is InChI=1S/C15H19NS/c1-4-12-5-7-13(8-6-12)15(16)14-9-10(2)17-11(14)3/h5-9,15H,4,16H2,1-3H3. The Kier molecular flexibility index (Phi) is 3.65. The summed E-state index contributed by atoms with van der Waals surface area (Å²) < 4.78 is 0. The van der Waals surface area contributed by atoms with E-state index in [1.807, 2.05) is 11.3 Å². The van der Waals surface area contributed by atoms with Crippen molar-refractivity contribution in [3.63, 3.8) is 0 Å². The van der Waals surface area contributed by atoms with Gasteiger partial charge in [0.25, 0.3) is 0 Å². The van der Waals surface area contributed by atoms with Crippen LogP contribution in [0.4, 0.5) is 0 Å². The van der Waals surface area contributed by atoms with Gasteiger partial charge in [0, 0.05) is 9.75 Å². The molecule has 0 saturated heterocycles. The molecule has 0 aliphatic heterocycles. The lowest BCUT2D eigenvalue weighted by Crippen LogP contribution is -2.11. The average molecular weight is 245 g/mol. The summed E-state index contributed by atoms with van der Waals surface area (Å²) in [7, 11) is 0. The number of aryl methyl sites for hydroxylation is 3. The molecule has 1 nitrogen and oxygen atoms in total. The van der Waals surface area contributed by atoms with Crippen LogP contribution >= 0.6 is 11.3 Å². The molecule has 2 rings (SSSR count). The van der Waals surface area contributed by atoms with Crippen molar-refractivity contribution in [3.8, 4) is 0 Å². The van der Waals surface area contributed by atoms with E-state index in [4.69, 9.17) is 5.73 Å².